The lowest BCUT2D eigenvalue weighted by Crippen LogP contribution is -2.15. The van der Waals surface area contributed by atoms with Crippen LogP contribution in [0.15, 0.2) is 42.5 Å². The van der Waals surface area contributed by atoms with E-state index in [1.807, 2.05) is 31.2 Å². The molecule has 7 nitrogen and oxygen atoms in total. The van der Waals surface area contributed by atoms with E-state index in [0.717, 1.165) is 11.1 Å². The first-order valence-electron chi connectivity index (χ1n) is 9.54. The summed E-state index contributed by atoms with van der Waals surface area (Å²) in [5.74, 6) is -0.235. The van der Waals surface area contributed by atoms with Crippen molar-refractivity contribution in [2.24, 2.45) is 0 Å². The second-order valence-electron chi connectivity index (χ2n) is 6.96. The second kappa shape index (κ2) is 9.66. The molecule has 0 N–H and O–H groups in total. The highest BCUT2D eigenvalue weighted by Crippen LogP contribution is 2.26. The third-order valence-electron chi connectivity index (χ3n) is 4.77. The van der Waals surface area contributed by atoms with Crippen LogP contribution in [0, 0.1) is 13.8 Å². The first-order valence-corrected chi connectivity index (χ1v) is 9.92. The normalized spacial score (nSPS) is 10.6. The number of methoxy groups -OCH3 is 2. The van der Waals surface area contributed by atoms with Gasteiger partial charge in [-0.1, -0.05) is 41.4 Å². The van der Waals surface area contributed by atoms with Gasteiger partial charge >= 0.3 is 5.97 Å². The van der Waals surface area contributed by atoms with Crippen LogP contribution < -0.4 is 9.47 Å². The Bertz CT molecular complexity index is 1110. The molecule has 0 atom stereocenters. The fourth-order valence-corrected chi connectivity index (χ4v) is 3.38. The number of Topliss-reactive ketones (excluding diaryl/α,β-unsaturated/α-hetero) is 1. The fourth-order valence-electron chi connectivity index (χ4n) is 3.07. The third kappa shape index (κ3) is 5.06. The van der Waals surface area contributed by atoms with Gasteiger partial charge in [-0.25, -0.2) is 9.48 Å². The van der Waals surface area contributed by atoms with Gasteiger partial charge < -0.3 is 14.2 Å². The molecule has 162 valence electrons. The van der Waals surface area contributed by atoms with Crippen molar-refractivity contribution in [1.82, 2.24) is 9.78 Å². The Morgan fingerprint density at radius 2 is 1.74 bits per heavy atom. The summed E-state index contributed by atoms with van der Waals surface area (Å²) >= 11 is 6.40. The maximum Gasteiger partial charge on any atom is 0.343 e. The van der Waals surface area contributed by atoms with E-state index in [2.05, 4.69) is 5.10 Å². The van der Waals surface area contributed by atoms with Crippen molar-refractivity contribution in [3.8, 4) is 11.5 Å². The van der Waals surface area contributed by atoms with Crippen LogP contribution in [-0.2, 0) is 11.3 Å². The van der Waals surface area contributed by atoms with E-state index < -0.39 is 18.4 Å². The van der Waals surface area contributed by atoms with Crippen LogP contribution in [0.2, 0.25) is 5.15 Å². The molecule has 0 saturated heterocycles. The topological polar surface area (TPSA) is 79.7 Å². The number of hydrogen-bond donors (Lipinski definition) is 0. The molecular formula is C23H23ClN2O5. The van der Waals surface area contributed by atoms with Crippen LogP contribution in [0.5, 0.6) is 11.5 Å². The number of aryl methyl sites for hydroxylation is 2. The number of carbonyl (C=O) groups is 2. The Morgan fingerprint density at radius 1 is 1.03 bits per heavy atom. The Balaban J connectivity index is 1.71. The van der Waals surface area contributed by atoms with E-state index in [1.165, 1.54) is 18.9 Å². The molecule has 0 saturated carbocycles. The Hall–Kier alpha value is -3.32. The minimum absolute atomic E-state index is 0.142. The number of benzene rings is 2. The predicted molar refractivity (Wildman–Crippen MR) is 116 cm³/mol. The molecule has 31 heavy (non-hydrogen) atoms. The minimum atomic E-state index is -0.710. The van der Waals surface area contributed by atoms with Crippen LogP contribution in [0.25, 0.3) is 0 Å². The fraction of sp³-hybridized carbons (Fsp3) is 0.261. The summed E-state index contributed by atoms with van der Waals surface area (Å²) in [4.78, 5) is 25.2. The van der Waals surface area contributed by atoms with Gasteiger partial charge in [0.1, 0.15) is 22.2 Å². The number of halogens is 1. The molecule has 0 aliphatic rings. The van der Waals surface area contributed by atoms with E-state index in [1.54, 1.807) is 25.1 Å². The molecule has 0 aliphatic carbocycles. The number of aromatic nitrogens is 2. The molecule has 0 radical (unpaired) electrons. The van der Waals surface area contributed by atoms with E-state index in [-0.39, 0.29) is 16.3 Å². The number of carbonyl (C=O) groups excluding carboxylic acids is 2. The van der Waals surface area contributed by atoms with Gasteiger partial charge in [0, 0.05) is 6.07 Å². The van der Waals surface area contributed by atoms with E-state index in [0.29, 0.717) is 23.7 Å². The monoisotopic (exact) mass is 442 g/mol. The SMILES string of the molecule is COc1ccc(C(=O)COC(=O)c2c(C)nn(Cc3ccc(C)cc3)c2Cl)c(OC)c1. The van der Waals surface area contributed by atoms with Crippen LogP contribution >= 0.6 is 11.6 Å². The summed E-state index contributed by atoms with van der Waals surface area (Å²) in [6, 6.07) is 12.7. The largest absolute Gasteiger partial charge is 0.497 e. The molecule has 0 unspecified atom stereocenters. The smallest absolute Gasteiger partial charge is 0.343 e. The first kappa shape index (κ1) is 22.4. The molecule has 1 heterocycles. The van der Waals surface area contributed by atoms with Gasteiger partial charge in [-0.05, 0) is 31.5 Å². The van der Waals surface area contributed by atoms with Crippen LogP contribution in [-0.4, -0.2) is 42.4 Å². The van der Waals surface area contributed by atoms with Gasteiger partial charge in [-0.2, -0.15) is 5.10 Å². The number of esters is 1. The predicted octanol–water partition coefficient (Wildman–Crippen LogP) is 4.26. The summed E-state index contributed by atoms with van der Waals surface area (Å²) in [7, 11) is 2.96. The molecule has 3 aromatic rings. The zero-order chi connectivity index (χ0) is 22.5. The molecule has 0 fully saturated rings. The van der Waals surface area contributed by atoms with Gasteiger partial charge in [0.05, 0.1) is 32.0 Å². The number of nitrogens with zero attached hydrogens (tertiary/aromatic N) is 2. The molecule has 0 amide bonds. The van der Waals surface area contributed by atoms with Crippen molar-refractivity contribution in [2.75, 3.05) is 20.8 Å². The van der Waals surface area contributed by atoms with E-state index in [4.69, 9.17) is 25.8 Å². The number of hydrogen-bond acceptors (Lipinski definition) is 6. The molecule has 2 aromatic carbocycles. The molecule has 8 heteroatoms. The molecule has 0 spiro atoms. The highest BCUT2D eigenvalue weighted by Gasteiger charge is 2.23. The molecule has 0 aliphatic heterocycles. The molecular weight excluding hydrogens is 420 g/mol. The lowest BCUT2D eigenvalue weighted by atomic mass is 10.1. The highest BCUT2D eigenvalue weighted by molar-refractivity contribution is 6.32. The van der Waals surface area contributed by atoms with Gasteiger partial charge in [-0.15, -0.1) is 0 Å². The highest BCUT2D eigenvalue weighted by atomic mass is 35.5. The van der Waals surface area contributed by atoms with Crippen molar-refractivity contribution < 1.29 is 23.8 Å². The average molecular weight is 443 g/mol. The quantitative estimate of drug-likeness (QED) is 0.383. The summed E-state index contributed by atoms with van der Waals surface area (Å²) in [5, 5.41) is 4.51. The van der Waals surface area contributed by atoms with Gasteiger partial charge in [-0.3, -0.25) is 4.79 Å². The van der Waals surface area contributed by atoms with Crippen LogP contribution in [0.4, 0.5) is 0 Å². The molecule has 3 rings (SSSR count). The summed E-state index contributed by atoms with van der Waals surface area (Å²) < 4.78 is 17.1. The standard InChI is InChI=1S/C23H23ClN2O5/c1-14-5-7-16(8-6-14)12-26-22(24)21(15(2)25-26)23(28)31-13-19(27)18-10-9-17(29-3)11-20(18)30-4/h5-11H,12-13H2,1-4H3. The Kier molecular flexibility index (Phi) is 6.97. The molecule has 1 aromatic heterocycles. The molecule has 0 bridgehead atoms. The number of ketones is 1. The Labute approximate surface area is 185 Å². The lowest BCUT2D eigenvalue weighted by Gasteiger charge is -2.10. The average Bonchev–Trinajstić information content (AvgIpc) is 3.05. The Morgan fingerprint density at radius 3 is 2.39 bits per heavy atom. The second-order valence-corrected chi connectivity index (χ2v) is 7.32. The van der Waals surface area contributed by atoms with Gasteiger partial charge in [0.2, 0.25) is 5.78 Å². The zero-order valence-electron chi connectivity index (χ0n) is 17.8. The summed E-state index contributed by atoms with van der Waals surface area (Å²) in [6.07, 6.45) is 0. The van der Waals surface area contributed by atoms with E-state index in [9.17, 15) is 9.59 Å². The van der Waals surface area contributed by atoms with Crippen LogP contribution in [0.3, 0.4) is 0 Å². The number of rotatable bonds is 8. The van der Waals surface area contributed by atoms with Gasteiger partial charge in [0.15, 0.2) is 6.61 Å². The van der Waals surface area contributed by atoms with Crippen molar-refractivity contribution in [3.63, 3.8) is 0 Å². The summed E-state index contributed by atoms with van der Waals surface area (Å²) in [6.45, 7) is 3.63. The number of ether oxygens (including phenoxy) is 3. The minimum Gasteiger partial charge on any atom is -0.497 e. The van der Waals surface area contributed by atoms with Crippen molar-refractivity contribution >= 4 is 23.4 Å². The van der Waals surface area contributed by atoms with Crippen molar-refractivity contribution in [3.05, 3.63) is 75.6 Å². The summed E-state index contributed by atoms with van der Waals surface area (Å²) in [5.41, 5.74) is 3.00. The maximum absolute atomic E-state index is 12.6. The van der Waals surface area contributed by atoms with E-state index >= 15 is 0 Å². The maximum atomic E-state index is 12.6. The first-order chi connectivity index (χ1) is 14.8. The zero-order valence-corrected chi connectivity index (χ0v) is 18.5. The third-order valence-corrected chi connectivity index (χ3v) is 5.15. The van der Waals surface area contributed by atoms with Gasteiger partial charge in [0.25, 0.3) is 0 Å². The lowest BCUT2D eigenvalue weighted by molar-refractivity contribution is 0.0473. The van der Waals surface area contributed by atoms with Crippen molar-refractivity contribution in [2.45, 2.75) is 20.4 Å². The van der Waals surface area contributed by atoms with Crippen LogP contribution in [0.1, 0.15) is 37.5 Å². The van der Waals surface area contributed by atoms with Crippen molar-refractivity contribution in [1.29, 1.82) is 0 Å².